The van der Waals surface area contributed by atoms with Crippen molar-refractivity contribution in [1.82, 2.24) is 20.0 Å². The molecule has 1 fully saturated rings. The molecule has 4 heteroatoms. The molecule has 1 atom stereocenters. The molecule has 2 rings (SSSR count). The average molecular weight is 292 g/mol. The smallest absolute Gasteiger partial charge is 0.0812 e. The maximum Gasteiger partial charge on any atom is 0.0812 e. The highest BCUT2D eigenvalue weighted by molar-refractivity contribution is 5.15. The van der Waals surface area contributed by atoms with Crippen LogP contribution in [0.4, 0.5) is 0 Å². The van der Waals surface area contributed by atoms with Gasteiger partial charge in [0.1, 0.15) is 0 Å². The van der Waals surface area contributed by atoms with Gasteiger partial charge in [0.05, 0.1) is 11.7 Å². The molecule has 4 nitrogen and oxygen atoms in total. The molecule has 0 amide bonds. The summed E-state index contributed by atoms with van der Waals surface area (Å²) in [6, 6.07) is 2.50. The Bertz CT molecular complexity index is 430. The fraction of sp³-hybridized carbons (Fsp3) is 0.824. The summed E-state index contributed by atoms with van der Waals surface area (Å²) in [7, 11) is 6.48. The minimum absolute atomic E-state index is 0.191. The fourth-order valence-corrected chi connectivity index (χ4v) is 3.70. The first-order chi connectivity index (χ1) is 9.99. The van der Waals surface area contributed by atoms with Crippen LogP contribution in [-0.4, -0.2) is 40.9 Å². The average Bonchev–Trinajstić information content (AvgIpc) is 2.87. The zero-order chi connectivity index (χ0) is 15.5. The van der Waals surface area contributed by atoms with Crippen LogP contribution in [0.2, 0.25) is 0 Å². The van der Waals surface area contributed by atoms with E-state index in [2.05, 4.69) is 50.4 Å². The molecule has 1 aliphatic rings. The van der Waals surface area contributed by atoms with Gasteiger partial charge in [0.25, 0.3) is 0 Å². The third-order valence-corrected chi connectivity index (χ3v) is 5.20. The Kier molecular flexibility index (Phi) is 5.44. The van der Waals surface area contributed by atoms with Crippen molar-refractivity contribution < 1.29 is 0 Å². The molecule has 0 aliphatic heterocycles. The van der Waals surface area contributed by atoms with E-state index in [0.717, 1.165) is 18.9 Å². The summed E-state index contributed by atoms with van der Waals surface area (Å²) in [6.07, 6.45) is 8.34. The van der Waals surface area contributed by atoms with Crippen LogP contribution in [-0.2, 0) is 7.05 Å². The van der Waals surface area contributed by atoms with Gasteiger partial charge in [-0.3, -0.25) is 4.68 Å². The highest BCUT2D eigenvalue weighted by Gasteiger charge is 2.44. The summed E-state index contributed by atoms with van der Waals surface area (Å²) < 4.78 is 1.92. The van der Waals surface area contributed by atoms with Gasteiger partial charge in [-0.15, -0.1) is 0 Å². The van der Waals surface area contributed by atoms with Gasteiger partial charge in [-0.05, 0) is 64.7 Å². The molecule has 1 aromatic rings. The van der Waals surface area contributed by atoms with E-state index in [0.29, 0.717) is 6.04 Å². The van der Waals surface area contributed by atoms with Crippen molar-refractivity contribution in [3.05, 3.63) is 18.0 Å². The monoisotopic (exact) mass is 292 g/mol. The van der Waals surface area contributed by atoms with Crippen LogP contribution in [0, 0.1) is 5.92 Å². The predicted molar refractivity (Wildman–Crippen MR) is 88.3 cm³/mol. The molecular weight excluding hydrogens is 260 g/mol. The molecule has 0 spiro atoms. The highest BCUT2D eigenvalue weighted by atomic mass is 15.3. The van der Waals surface area contributed by atoms with Gasteiger partial charge in [-0.25, -0.2) is 0 Å². The van der Waals surface area contributed by atoms with E-state index in [4.69, 9.17) is 5.10 Å². The first-order valence-electron chi connectivity index (χ1n) is 8.40. The third-order valence-electron chi connectivity index (χ3n) is 5.20. The van der Waals surface area contributed by atoms with Crippen molar-refractivity contribution in [1.29, 1.82) is 0 Å². The van der Waals surface area contributed by atoms with Gasteiger partial charge in [-0.1, -0.05) is 13.8 Å². The lowest BCUT2D eigenvalue weighted by Crippen LogP contribution is -2.55. The van der Waals surface area contributed by atoms with Crippen molar-refractivity contribution in [3.63, 3.8) is 0 Å². The molecule has 0 bridgehead atoms. The third kappa shape index (κ3) is 3.49. The van der Waals surface area contributed by atoms with Crippen molar-refractivity contribution >= 4 is 0 Å². The zero-order valence-electron chi connectivity index (χ0n) is 14.4. The fourth-order valence-electron chi connectivity index (χ4n) is 3.70. The van der Waals surface area contributed by atoms with Crippen LogP contribution < -0.4 is 5.32 Å². The number of likely N-dealkylation sites (N-methyl/N-ethyl adjacent to an activating group) is 1. The van der Waals surface area contributed by atoms with E-state index in [9.17, 15) is 0 Å². The van der Waals surface area contributed by atoms with Crippen molar-refractivity contribution in [2.24, 2.45) is 13.0 Å². The van der Waals surface area contributed by atoms with Crippen LogP contribution in [0.1, 0.15) is 57.7 Å². The molecule has 1 aliphatic carbocycles. The minimum atomic E-state index is 0.191. The Morgan fingerprint density at radius 2 is 2.10 bits per heavy atom. The first-order valence-corrected chi connectivity index (χ1v) is 8.40. The number of nitrogens with one attached hydrogen (secondary N) is 1. The highest BCUT2D eigenvalue weighted by Crippen LogP contribution is 2.43. The summed E-state index contributed by atoms with van der Waals surface area (Å²) >= 11 is 0. The molecule has 0 aromatic carbocycles. The lowest BCUT2D eigenvalue weighted by atomic mass is 9.71. The van der Waals surface area contributed by atoms with Gasteiger partial charge in [0.15, 0.2) is 0 Å². The Morgan fingerprint density at radius 3 is 2.57 bits per heavy atom. The van der Waals surface area contributed by atoms with Crippen molar-refractivity contribution in [3.8, 4) is 0 Å². The molecular formula is C17H32N4. The SMILES string of the molecule is CCCNC(c1ccn(C)n1)C1(N(C)C)CCC(C)CC1. The topological polar surface area (TPSA) is 33.1 Å². The number of hydrogen-bond donors (Lipinski definition) is 1. The molecule has 120 valence electrons. The van der Waals surface area contributed by atoms with Gasteiger partial charge >= 0.3 is 0 Å². The number of rotatable bonds is 6. The summed E-state index contributed by atoms with van der Waals surface area (Å²) in [6.45, 7) is 5.66. The quantitative estimate of drug-likeness (QED) is 0.875. The zero-order valence-corrected chi connectivity index (χ0v) is 14.4. The van der Waals surface area contributed by atoms with E-state index < -0.39 is 0 Å². The van der Waals surface area contributed by atoms with Crippen molar-refractivity contribution in [2.75, 3.05) is 20.6 Å². The molecule has 1 unspecified atom stereocenters. The van der Waals surface area contributed by atoms with Crippen LogP contribution in [0.15, 0.2) is 12.3 Å². The lowest BCUT2D eigenvalue weighted by Gasteiger charge is -2.49. The van der Waals surface area contributed by atoms with Crippen LogP contribution in [0.25, 0.3) is 0 Å². The van der Waals surface area contributed by atoms with Crippen LogP contribution in [0.3, 0.4) is 0 Å². The van der Waals surface area contributed by atoms with Gasteiger partial charge in [0, 0.05) is 18.8 Å². The number of aromatic nitrogens is 2. The van der Waals surface area contributed by atoms with E-state index in [1.54, 1.807) is 0 Å². The molecule has 0 saturated heterocycles. The largest absolute Gasteiger partial charge is 0.307 e. The van der Waals surface area contributed by atoms with E-state index >= 15 is 0 Å². The van der Waals surface area contributed by atoms with Crippen LogP contribution in [0.5, 0.6) is 0 Å². The Morgan fingerprint density at radius 1 is 1.43 bits per heavy atom. The number of nitrogens with zero attached hydrogens (tertiary/aromatic N) is 3. The maximum absolute atomic E-state index is 4.71. The molecule has 21 heavy (non-hydrogen) atoms. The molecule has 1 heterocycles. The Labute approximate surface area is 129 Å². The van der Waals surface area contributed by atoms with Gasteiger partial charge < -0.3 is 10.2 Å². The van der Waals surface area contributed by atoms with E-state index in [-0.39, 0.29) is 5.54 Å². The summed E-state index contributed by atoms with van der Waals surface area (Å²) in [5.74, 6) is 0.855. The van der Waals surface area contributed by atoms with Gasteiger partial charge in [0.2, 0.25) is 0 Å². The second kappa shape index (κ2) is 6.93. The Balaban J connectivity index is 2.31. The summed E-state index contributed by atoms with van der Waals surface area (Å²) in [4.78, 5) is 2.45. The molecule has 1 aromatic heterocycles. The summed E-state index contributed by atoms with van der Waals surface area (Å²) in [5, 5.41) is 8.50. The second-order valence-electron chi connectivity index (χ2n) is 6.98. The van der Waals surface area contributed by atoms with Crippen LogP contribution >= 0.6 is 0 Å². The second-order valence-corrected chi connectivity index (χ2v) is 6.98. The van der Waals surface area contributed by atoms with E-state index in [1.165, 1.54) is 31.4 Å². The minimum Gasteiger partial charge on any atom is -0.307 e. The Hall–Kier alpha value is -0.870. The molecule has 1 saturated carbocycles. The molecule has 0 radical (unpaired) electrons. The van der Waals surface area contributed by atoms with Gasteiger partial charge in [-0.2, -0.15) is 5.10 Å². The van der Waals surface area contributed by atoms with Crippen molar-refractivity contribution in [2.45, 2.75) is 57.5 Å². The maximum atomic E-state index is 4.71. The number of hydrogen-bond acceptors (Lipinski definition) is 3. The standard InChI is InChI=1S/C17H32N4/c1-6-12-18-16(15-9-13-21(5)19-15)17(20(3)4)10-7-14(2)8-11-17/h9,13-14,16,18H,6-8,10-12H2,1-5H3. The lowest BCUT2D eigenvalue weighted by molar-refractivity contribution is 0.0412. The van der Waals surface area contributed by atoms with E-state index in [1.807, 2.05) is 11.7 Å². The molecule has 1 N–H and O–H groups in total. The first kappa shape index (κ1) is 16.5. The normalized spacial score (nSPS) is 28.0. The summed E-state index contributed by atoms with van der Waals surface area (Å²) in [5.41, 5.74) is 1.38. The number of aryl methyl sites for hydroxylation is 1. The predicted octanol–water partition coefficient (Wildman–Crippen LogP) is 2.97.